The summed E-state index contributed by atoms with van der Waals surface area (Å²) in [6.45, 7) is 2.46. The van der Waals surface area contributed by atoms with Crippen LogP contribution in [0.15, 0.2) is 0 Å². The molecule has 1 atom stereocenters. The van der Waals surface area contributed by atoms with Crippen molar-refractivity contribution < 1.29 is 47.6 Å². The molecular formula is C19H39NaO4S. The van der Waals surface area contributed by atoms with Crippen LogP contribution in [0, 0.1) is 0 Å². The quantitative estimate of drug-likeness (QED) is 0.222. The third kappa shape index (κ3) is 19.4. The number of aliphatic hydroxyl groups excluding tert-OH is 1. The van der Waals surface area contributed by atoms with Gasteiger partial charge >= 0.3 is 29.6 Å². The Labute approximate surface area is 178 Å². The van der Waals surface area contributed by atoms with E-state index in [-0.39, 0.29) is 36.2 Å². The molecule has 0 radical (unpaired) electrons. The van der Waals surface area contributed by atoms with Gasteiger partial charge in [-0.1, -0.05) is 90.4 Å². The molecule has 0 spiro atoms. The summed E-state index contributed by atoms with van der Waals surface area (Å²) in [5.41, 5.74) is 0. The first-order valence-electron chi connectivity index (χ1n) is 10.1. The molecule has 0 aromatic heterocycles. The molecule has 0 fully saturated rings. The van der Waals surface area contributed by atoms with Crippen molar-refractivity contribution in [1.82, 2.24) is 0 Å². The number of hydrogen-bond acceptors (Lipinski definition) is 4. The summed E-state index contributed by atoms with van der Waals surface area (Å²) in [5, 5.41) is 8.02. The Kier molecular flexibility index (Phi) is 22.0. The van der Waals surface area contributed by atoms with Gasteiger partial charge in [-0.2, -0.15) is 0 Å². The van der Waals surface area contributed by atoms with E-state index in [9.17, 15) is 13.0 Å². The van der Waals surface area contributed by atoms with E-state index >= 15 is 0 Å². The molecule has 1 unspecified atom stereocenters. The summed E-state index contributed by atoms with van der Waals surface area (Å²) in [7, 11) is -4.15. The molecule has 0 aliphatic carbocycles. The zero-order valence-electron chi connectivity index (χ0n) is 16.7. The molecule has 146 valence electrons. The van der Waals surface area contributed by atoms with E-state index in [4.69, 9.17) is 5.11 Å². The predicted molar refractivity (Wildman–Crippen MR) is 100 cm³/mol. The zero-order chi connectivity index (χ0) is 18.1. The van der Waals surface area contributed by atoms with Crippen LogP contribution in [0.3, 0.4) is 0 Å². The van der Waals surface area contributed by atoms with E-state index in [0.717, 1.165) is 64.2 Å². The second-order valence-corrected chi connectivity index (χ2v) is 8.66. The average Bonchev–Trinajstić information content (AvgIpc) is 2.53. The first-order valence-corrected chi connectivity index (χ1v) is 11.5. The first kappa shape index (κ1) is 28.1. The van der Waals surface area contributed by atoms with Crippen LogP contribution < -0.4 is 29.6 Å². The second-order valence-electron chi connectivity index (χ2n) is 7.01. The van der Waals surface area contributed by atoms with E-state index in [1.165, 1.54) is 25.7 Å². The molecule has 0 saturated carbocycles. The van der Waals surface area contributed by atoms with Gasteiger partial charge in [-0.05, 0) is 19.3 Å². The van der Waals surface area contributed by atoms with Gasteiger partial charge in [0.2, 0.25) is 0 Å². The summed E-state index contributed by atoms with van der Waals surface area (Å²) in [4.78, 5) is 0. The molecule has 0 aliphatic rings. The maximum absolute atomic E-state index is 11.4. The molecule has 0 aromatic carbocycles. The Morgan fingerprint density at radius 1 is 0.720 bits per heavy atom. The van der Waals surface area contributed by atoms with Crippen molar-refractivity contribution in [1.29, 1.82) is 0 Å². The molecule has 6 heteroatoms. The number of rotatable bonds is 18. The summed E-state index contributed by atoms with van der Waals surface area (Å²) in [6.07, 6.45) is 16.2. The van der Waals surface area contributed by atoms with Gasteiger partial charge in [0.15, 0.2) is 0 Å². The minimum absolute atomic E-state index is 0. The van der Waals surface area contributed by atoms with Gasteiger partial charge in [0.25, 0.3) is 0 Å². The van der Waals surface area contributed by atoms with Crippen molar-refractivity contribution in [3.8, 4) is 0 Å². The van der Waals surface area contributed by atoms with Crippen LogP contribution in [0.25, 0.3) is 0 Å². The van der Waals surface area contributed by atoms with Crippen molar-refractivity contribution in [2.24, 2.45) is 0 Å². The normalized spacial score (nSPS) is 12.8. The van der Waals surface area contributed by atoms with Crippen LogP contribution in [-0.4, -0.2) is 29.9 Å². The molecule has 0 heterocycles. The maximum atomic E-state index is 11.4. The van der Waals surface area contributed by atoms with Crippen LogP contribution in [0.5, 0.6) is 0 Å². The fourth-order valence-corrected chi connectivity index (χ4v) is 4.04. The molecule has 1 N–H and O–H groups in total. The van der Waals surface area contributed by atoms with Gasteiger partial charge in [-0.3, -0.25) is 0 Å². The van der Waals surface area contributed by atoms with Crippen molar-refractivity contribution in [3.05, 3.63) is 0 Å². The van der Waals surface area contributed by atoms with Gasteiger partial charge in [-0.15, -0.1) is 0 Å². The fourth-order valence-electron chi connectivity index (χ4n) is 3.13. The molecule has 0 aromatic rings. The van der Waals surface area contributed by atoms with E-state index in [1.54, 1.807) is 0 Å². The predicted octanol–water partition coefficient (Wildman–Crippen LogP) is 2.16. The second kappa shape index (κ2) is 19.6. The third-order valence-corrected chi connectivity index (χ3v) is 6.01. The van der Waals surface area contributed by atoms with Crippen LogP contribution in [0.2, 0.25) is 0 Å². The summed E-state index contributed by atoms with van der Waals surface area (Å²) in [6, 6.07) is 0. The molecule has 0 bridgehead atoms. The van der Waals surface area contributed by atoms with Gasteiger partial charge in [-0.25, -0.2) is 8.42 Å². The van der Waals surface area contributed by atoms with Crippen molar-refractivity contribution in [3.63, 3.8) is 0 Å². The van der Waals surface area contributed by atoms with Crippen LogP contribution >= 0.6 is 0 Å². The summed E-state index contributed by atoms with van der Waals surface area (Å²) < 4.78 is 34.2. The number of hydrogen-bond donors (Lipinski definition) is 1. The van der Waals surface area contributed by atoms with E-state index < -0.39 is 15.4 Å². The van der Waals surface area contributed by atoms with Gasteiger partial charge in [0.1, 0.15) is 0 Å². The number of aliphatic hydroxyl groups is 1. The average molecular weight is 387 g/mol. The summed E-state index contributed by atoms with van der Waals surface area (Å²) >= 11 is 0. The number of unbranched alkanes of at least 4 members (excludes halogenated alkanes) is 12. The molecule has 0 aliphatic heterocycles. The minimum Gasteiger partial charge on any atom is -0.748 e. The Bertz CT molecular complexity index is 360. The third-order valence-electron chi connectivity index (χ3n) is 4.72. The molecule has 0 rings (SSSR count). The molecule has 0 saturated heterocycles. The fraction of sp³-hybridized carbons (Fsp3) is 1.00. The first-order chi connectivity index (χ1) is 11.5. The van der Waals surface area contributed by atoms with Crippen LogP contribution in [-0.2, 0) is 10.1 Å². The maximum Gasteiger partial charge on any atom is 1.00 e. The van der Waals surface area contributed by atoms with Crippen molar-refractivity contribution >= 4 is 10.1 Å². The SMILES string of the molecule is CCCCCCCCCC(CCCCCCCCCO)S(=O)(=O)[O-].[Na+]. The minimum atomic E-state index is -4.15. The molecule has 4 nitrogen and oxygen atoms in total. The molecule has 25 heavy (non-hydrogen) atoms. The monoisotopic (exact) mass is 386 g/mol. The smallest absolute Gasteiger partial charge is 0.748 e. The van der Waals surface area contributed by atoms with Gasteiger partial charge in [0, 0.05) is 11.9 Å². The zero-order valence-corrected chi connectivity index (χ0v) is 19.5. The Morgan fingerprint density at radius 2 is 1.08 bits per heavy atom. The van der Waals surface area contributed by atoms with Gasteiger partial charge < -0.3 is 9.66 Å². The Hall–Kier alpha value is 0.870. The van der Waals surface area contributed by atoms with Crippen LogP contribution in [0.1, 0.15) is 110 Å². The Balaban J connectivity index is 0. The van der Waals surface area contributed by atoms with E-state index in [2.05, 4.69) is 6.92 Å². The topological polar surface area (TPSA) is 77.4 Å². The largest absolute Gasteiger partial charge is 1.00 e. The van der Waals surface area contributed by atoms with Crippen molar-refractivity contribution in [2.75, 3.05) is 6.61 Å². The molecular weight excluding hydrogens is 347 g/mol. The summed E-state index contributed by atoms with van der Waals surface area (Å²) in [5.74, 6) is 0. The Morgan fingerprint density at radius 3 is 1.44 bits per heavy atom. The van der Waals surface area contributed by atoms with Crippen molar-refractivity contribution in [2.45, 2.75) is 115 Å². The van der Waals surface area contributed by atoms with E-state index in [1.807, 2.05) is 0 Å². The van der Waals surface area contributed by atoms with Gasteiger partial charge in [0.05, 0.1) is 10.1 Å². The van der Waals surface area contributed by atoms with Crippen LogP contribution in [0.4, 0.5) is 0 Å². The van der Waals surface area contributed by atoms with E-state index in [0.29, 0.717) is 12.8 Å². The molecule has 0 amide bonds. The standard InChI is InChI=1S/C19H40O4S.Na/c1-2-3-4-5-7-10-13-16-19(24(21,22)23)17-14-11-8-6-9-12-15-18-20;/h19-20H,2-18H2,1H3,(H,21,22,23);/q;+1/p-1.